The van der Waals surface area contributed by atoms with Gasteiger partial charge in [-0.05, 0) is 29.8 Å². The van der Waals surface area contributed by atoms with Gasteiger partial charge in [0.2, 0.25) is 0 Å². The third-order valence-electron chi connectivity index (χ3n) is 3.26. The normalized spacial score (nSPS) is 11.7. The molecule has 0 amide bonds. The molecule has 0 radical (unpaired) electrons. The number of para-hydroxylation sites is 1. The first kappa shape index (κ1) is 16.2. The summed E-state index contributed by atoms with van der Waals surface area (Å²) >= 11 is 1.56. The van der Waals surface area contributed by atoms with Crippen molar-refractivity contribution in [2.75, 3.05) is 20.0 Å². The number of anilines is 1. The van der Waals surface area contributed by atoms with Crippen LogP contribution in [0.3, 0.4) is 0 Å². The molecule has 1 atom stereocenters. The Morgan fingerprint density at radius 1 is 1.14 bits per heavy atom. The van der Waals surface area contributed by atoms with Crippen molar-refractivity contribution in [2.24, 2.45) is 0 Å². The topological polar surface area (TPSA) is 61.5 Å². The predicted octanol–water partition coefficient (Wildman–Crippen LogP) is 3.67. The Balaban J connectivity index is 2.25. The minimum absolute atomic E-state index is 0.0666. The molecule has 2 aromatic rings. The van der Waals surface area contributed by atoms with Crippen LogP contribution in [-0.4, -0.2) is 20.2 Å². The van der Waals surface area contributed by atoms with Gasteiger partial charge in [0.1, 0.15) is 5.75 Å². The molecular formula is C17H19NO3S. The van der Waals surface area contributed by atoms with E-state index in [-0.39, 0.29) is 17.6 Å². The van der Waals surface area contributed by atoms with Crippen molar-refractivity contribution in [3.63, 3.8) is 0 Å². The number of nitrogens with two attached hydrogens (primary N) is 1. The van der Waals surface area contributed by atoms with Crippen molar-refractivity contribution in [3.8, 4) is 5.75 Å². The maximum absolute atomic E-state index is 11.7. The summed E-state index contributed by atoms with van der Waals surface area (Å²) in [5, 5.41) is -0.0666. The van der Waals surface area contributed by atoms with Crippen LogP contribution in [0.5, 0.6) is 5.75 Å². The van der Waals surface area contributed by atoms with E-state index >= 15 is 0 Å². The fourth-order valence-corrected chi connectivity index (χ4v) is 3.20. The van der Waals surface area contributed by atoms with E-state index in [9.17, 15) is 4.79 Å². The lowest BCUT2D eigenvalue weighted by molar-refractivity contribution is -0.140. The Hall–Kier alpha value is -2.14. The molecule has 0 aromatic heterocycles. The monoisotopic (exact) mass is 317 g/mol. The first-order chi connectivity index (χ1) is 10.6. The van der Waals surface area contributed by atoms with Crippen molar-refractivity contribution < 1.29 is 14.3 Å². The number of hydrogen-bond donors (Lipinski definition) is 1. The summed E-state index contributed by atoms with van der Waals surface area (Å²) in [5.74, 6) is 0.535. The van der Waals surface area contributed by atoms with Crippen LogP contribution in [0.4, 0.5) is 5.69 Å². The van der Waals surface area contributed by atoms with E-state index in [1.54, 1.807) is 18.9 Å². The van der Waals surface area contributed by atoms with Gasteiger partial charge >= 0.3 is 5.97 Å². The fourth-order valence-electron chi connectivity index (χ4n) is 2.02. The van der Waals surface area contributed by atoms with Crippen LogP contribution in [-0.2, 0) is 9.53 Å². The number of rotatable bonds is 6. The van der Waals surface area contributed by atoms with E-state index in [1.165, 1.54) is 7.11 Å². The first-order valence-electron chi connectivity index (χ1n) is 6.86. The van der Waals surface area contributed by atoms with Crippen molar-refractivity contribution in [1.82, 2.24) is 0 Å². The molecule has 116 valence electrons. The third-order valence-corrected chi connectivity index (χ3v) is 4.60. The summed E-state index contributed by atoms with van der Waals surface area (Å²) in [6, 6.07) is 15.3. The van der Waals surface area contributed by atoms with Gasteiger partial charge in [-0.3, -0.25) is 4.79 Å². The van der Waals surface area contributed by atoms with Gasteiger partial charge < -0.3 is 15.2 Å². The number of hydrogen-bond acceptors (Lipinski definition) is 5. The first-order valence-corrected chi connectivity index (χ1v) is 7.74. The molecule has 0 aliphatic rings. The molecule has 0 aliphatic carbocycles. The second-order valence-corrected chi connectivity index (χ2v) is 5.94. The van der Waals surface area contributed by atoms with E-state index in [0.29, 0.717) is 5.69 Å². The quantitative estimate of drug-likeness (QED) is 0.500. The van der Waals surface area contributed by atoms with Crippen LogP contribution in [0.1, 0.15) is 17.2 Å². The summed E-state index contributed by atoms with van der Waals surface area (Å²) in [7, 11) is 3.02. The Morgan fingerprint density at radius 2 is 1.82 bits per heavy atom. The number of benzene rings is 2. The zero-order chi connectivity index (χ0) is 15.9. The van der Waals surface area contributed by atoms with E-state index in [1.807, 2.05) is 48.5 Å². The predicted molar refractivity (Wildman–Crippen MR) is 89.1 cm³/mol. The second-order valence-electron chi connectivity index (χ2n) is 4.70. The van der Waals surface area contributed by atoms with E-state index in [2.05, 4.69) is 0 Å². The summed E-state index contributed by atoms with van der Waals surface area (Å²) < 4.78 is 9.98. The molecule has 2 rings (SSSR count). The molecule has 0 heterocycles. The van der Waals surface area contributed by atoms with Gasteiger partial charge in [0.05, 0.1) is 20.6 Å². The van der Waals surface area contributed by atoms with Crippen LogP contribution >= 0.6 is 11.8 Å². The van der Waals surface area contributed by atoms with Crippen LogP contribution in [0.2, 0.25) is 0 Å². The SMILES string of the molecule is COC(=O)CC(Sc1ccccc1N)c1ccc(OC)cc1. The molecule has 0 saturated heterocycles. The van der Waals surface area contributed by atoms with E-state index in [4.69, 9.17) is 15.2 Å². The molecule has 0 aliphatic heterocycles. The fraction of sp³-hybridized carbons (Fsp3) is 0.235. The summed E-state index contributed by atoms with van der Waals surface area (Å²) in [6.07, 6.45) is 0.280. The minimum Gasteiger partial charge on any atom is -0.497 e. The molecule has 0 saturated carbocycles. The molecule has 5 heteroatoms. The largest absolute Gasteiger partial charge is 0.497 e. The molecule has 2 aromatic carbocycles. The molecule has 0 fully saturated rings. The highest BCUT2D eigenvalue weighted by Crippen LogP contribution is 2.40. The molecular weight excluding hydrogens is 298 g/mol. The maximum atomic E-state index is 11.7. The Bertz CT molecular complexity index is 628. The van der Waals surface area contributed by atoms with Crippen LogP contribution in [0.25, 0.3) is 0 Å². The molecule has 0 bridgehead atoms. The zero-order valence-electron chi connectivity index (χ0n) is 12.6. The number of nitrogen functional groups attached to an aromatic ring is 1. The maximum Gasteiger partial charge on any atom is 0.306 e. The highest BCUT2D eigenvalue weighted by Gasteiger charge is 2.19. The zero-order valence-corrected chi connectivity index (χ0v) is 13.4. The van der Waals surface area contributed by atoms with Crippen molar-refractivity contribution in [3.05, 3.63) is 54.1 Å². The summed E-state index contributed by atoms with van der Waals surface area (Å²) in [5.41, 5.74) is 7.73. The molecule has 1 unspecified atom stereocenters. The Kier molecular flexibility index (Phi) is 5.72. The number of esters is 1. The average molecular weight is 317 g/mol. The highest BCUT2D eigenvalue weighted by molar-refractivity contribution is 7.99. The van der Waals surface area contributed by atoms with Crippen LogP contribution in [0, 0.1) is 0 Å². The van der Waals surface area contributed by atoms with Crippen molar-refractivity contribution in [2.45, 2.75) is 16.6 Å². The minimum atomic E-state index is -0.247. The van der Waals surface area contributed by atoms with Gasteiger partial charge in [0.15, 0.2) is 0 Å². The lowest BCUT2D eigenvalue weighted by Gasteiger charge is -2.17. The third kappa shape index (κ3) is 4.18. The van der Waals surface area contributed by atoms with Crippen molar-refractivity contribution >= 4 is 23.4 Å². The number of ether oxygens (including phenoxy) is 2. The van der Waals surface area contributed by atoms with Crippen LogP contribution < -0.4 is 10.5 Å². The van der Waals surface area contributed by atoms with Gasteiger partial charge in [-0.1, -0.05) is 24.3 Å². The molecule has 22 heavy (non-hydrogen) atoms. The second kappa shape index (κ2) is 7.75. The summed E-state index contributed by atoms with van der Waals surface area (Å²) in [6.45, 7) is 0. The van der Waals surface area contributed by atoms with Gasteiger partial charge in [-0.2, -0.15) is 0 Å². The number of methoxy groups -OCH3 is 2. The molecule has 0 spiro atoms. The van der Waals surface area contributed by atoms with Crippen LogP contribution in [0.15, 0.2) is 53.4 Å². The van der Waals surface area contributed by atoms with Gasteiger partial charge in [0.25, 0.3) is 0 Å². The number of carbonyl (C=O) groups excluding carboxylic acids is 1. The number of thioether (sulfide) groups is 1. The molecule has 2 N–H and O–H groups in total. The van der Waals surface area contributed by atoms with Gasteiger partial charge in [-0.15, -0.1) is 11.8 Å². The molecule has 4 nitrogen and oxygen atoms in total. The Morgan fingerprint density at radius 3 is 2.41 bits per heavy atom. The standard InChI is InChI=1S/C17H19NO3S/c1-20-13-9-7-12(8-10-13)16(11-17(19)21-2)22-15-6-4-3-5-14(15)18/h3-10,16H,11,18H2,1-2H3. The van der Waals surface area contributed by atoms with E-state index in [0.717, 1.165) is 16.2 Å². The number of carbonyl (C=O) groups is 1. The highest BCUT2D eigenvalue weighted by atomic mass is 32.2. The lowest BCUT2D eigenvalue weighted by atomic mass is 10.1. The average Bonchev–Trinajstić information content (AvgIpc) is 2.56. The Labute approximate surface area is 134 Å². The van der Waals surface area contributed by atoms with Gasteiger partial charge in [-0.25, -0.2) is 0 Å². The van der Waals surface area contributed by atoms with E-state index < -0.39 is 0 Å². The van der Waals surface area contributed by atoms with Gasteiger partial charge in [0, 0.05) is 15.8 Å². The summed E-state index contributed by atoms with van der Waals surface area (Å²) in [4.78, 5) is 12.7. The lowest BCUT2D eigenvalue weighted by Crippen LogP contribution is -2.06. The van der Waals surface area contributed by atoms with Crippen molar-refractivity contribution in [1.29, 1.82) is 0 Å². The smallest absolute Gasteiger partial charge is 0.306 e.